The van der Waals surface area contributed by atoms with Crippen molar-refractivity contribution in [3.05, 3.63) is 0 Å². The molecule has 0 aromatic rings. The van der Waals surface area contributed by atoms with Crippen LogP contribution in [0.5, 0.6) is 0 Å². The summed E-state index contributed by atoms with van der Waals surface area (Å²) in [5.41, 5.74) is 0. The highest BCUT2D eigenvalue weighted by atomic mass is 14.3. The molecule has 0 heterocycles. The second-order valence-electron chi connectivity index (χ2n) is 7.14. The molecule has 18 heavy (non-hydrogen) atoms. The highest BCUT2D eigenvalue weighted by Gasteiger charge is 2.26. The van der Waals surface area contributed by atoms with Gasteiger partial charge >= 0.3 is 0 Å². The van der Waals surface area contributed by atoms with Crippen LogP contribution in [-0.4, -0.2) is 0 Å². The molecule has 0 rings (SSSR count). The van der Waals surface area contributed by atoms with Gasteiger partial charge in [0.05, 0.1) is 0 Å². The lowest BCUT2D eigenvalue weighted by atomic mass is 9.72. The van der Waals surface area contributed by atoms with E-state index in [2.05, 4.69) is 55.4 Å². The molecule has 0 N–H and O–H groups in total. The smallest absolute Gasteiger partial charge is 0.0365 e. The summed E-state index contributed by atoms with van der Waals surface area (Å²) < 4.78 is 0. The minimum atomic E-state index is 0.835. The molecule has 0 aliphatic carbocycles. The molecule has 0 saturated carbocycles. The van der Waals surface area contributed by atoms with Crippen LogP contribution in [0, 0.1) is 35.5 Å². The van der Waals surface area contributed by atoms with E-state index < -0.39 is 0 Å². The Labute approximate surface area is 117 Å². The van der Waals surface area contributed by atoms with Gasteiger partial charge in [0.25, 0.3) is 0 Å². The zero-order valence-corrected chi connectivity index (χ0v) is 14.3. The molecule has 110 valence electrons. The number of hydrogen-bond donors (Lipinski definition) is 0. The summed E-state index contributed by atoms with van der Waals surface area (Å²) in [7, 11) is 0. The fourth-order valence-electron chi connectivity index (χ4n) is 3.45. The average molecular weight is 255 g/mol. The van der Waals surface area contributed by atoms with Crippen molar-refractivity contribution in [3.8, 4) is 0 Å². The van der Waals surface area contributed by atoms with E-state index >= 15 is 0 Å². The fourth-order valence-corrected chi connectivity index (χ4v) is 3.45. The third-order valence-corrected chi connectivity index (χ3v) is 5.40. The van der Waals surface area contributed by atoms with E-state index in [-0.39, 0.29) is 0 Å². The minimum Gasteiger partial charge on any atom is -0.0651 e. The van der Waals surface area contributed by atoms with E-state index in [9.17, 15) is 0 Å². The van der Waals surface area contributed by atoms with Crippen molar-refractivity contribution >= 4 is 0 Å². The molecule has 0 amide bonds. The van der Waals surface area contributed by atoms with Crippen LogP contribution in [0.1, 0.15) is 81.1 Å². The minimum absolute atomic E-state index is 0.835. The van der Waals surface area contributed by atoms with Crippen LogP contribution in [0.25, 0.3) is 0 Å². The van der Waals surface area contributed by atoms with Crippen LogP contribution in [-0.2, 0) is 0 Å². The zero-order valence-electron chi connectivity index (χ0n) is 14.3. The maximum atomic E-state index is 2.50. The third-order valence-electron chi connectivity index (χ3n) is 5.40. The molecular weight excluding hydrogens is 216 g/mol. The zero-order chi connectivity index (χ0) is 14.3. The molecule has 0 nitrogen and oxygen atoms in total. The van der Waals surface area contributed by atoms with Gasteiger partial charge in [0, 0.05) is 0 Å². The Morgan fingerprint density at radius 3 is 1.56 bits per heavy atom. The Balaban J connectivity index is 4.38. The number of hydrogen-bond acceptors (Lipinski definition) is 0. The molecule has 0 aromatic heterocycles. The molecule has 0 aliphatic rings. The first-order valence-corrected chi connectivity index (χ1v) is 8.34. The van der Waals surface area contributed by atoms with Crippen molar-refractivity contribution in [2.75, 3.05) is 0 Å². The molecule has 0 heteroatoms. The van der Waals surface area contributed by atoms with E-state index in [1.165, 1.54) is 25.7 Å². The molecule has 0 saturated heterocycles. The van der Waals surface area contributed by atoms with E-state index in [4.69, 9.17) is 0 Å². The van der Waals surface area contributed by atoms with Gasteiger partial charge in [-0.2, -0.15) is 0 Å². The maximum Gasteiger partial charge on any atom is -0.0365 e. The molecule has 0 aliphatic heterocycles. The Kier molecular flexibility index (Phi) is 8.99. The molecule has 4 atom stereocenters. The van der Waals surface area contributed by atoms with E-state index in [0.717, 1.165) is 35.5 Å². The lowest BCUT2D eigenvalue weighted by Crippen LogP contribution is -2.25. The van der Waals surface area contributed by atoms with Gasteiger partial charge in [-0.1, -0.05) is 74.7 Å². The summed E-state index contributed by atoms with van der Waals surface area (Å²) in [5, 5.41) is 0. The topological polar surface area (TPSA) is 0 Å². The normalized spacial score (nSPS) is 19.0. The first-order chi connectivity index (χ1) is 8.34. The SMILES string of the molecule is CCC(CCC(C)C(C)C)C(C)C(CC)C(C)C. The summed E-state index contributed by atoms with van der Waals surface area (Å²) in [4.78, 5) is 0. The Hall–Kier alpha value is 0. The standard InChI is InChI=1S/C18H38/c1-9-17(12-11-15(7)13(3)4)16(8)18(10-2)14(5)6/h13-18H,9-12H2,1-8H3. The summed E-state index contributed by atoms with van der Waals surface area (Å²) >= 11 is 0. The lowest BCUT2D eigenvalue weighted by molar-refractivity contribution is 0.166. The molecule has 0 fully saturated rings. The van der Waals surface area contributed by atoms with Crippen LogP contribution in [0.4, 0.5) is 0 Å². The van der Waals surface area contributed by atoms with Gasteiger partial charge in [-0.15, -0.1) is 0 Å². The molecule has 0 aromatic carbocycles. The van der Waals surface area contributed by atoms with Crippen molar-refractivity contribution in [1.82, 2.24) is 0 Å². The van der Waals surface area contributed by atoms with E-state index in [1.54, 1.807) is 0 Å². The van der Waals surface area contributed by atoms with Crippen LogP contribution >= 0.6 is 0 Å². The molecule has 4 unspecified atom stereocenters. The predicted molar refractivity (Wildman–Crippen MR) is 84.8 cm³/mol. The maximum absolute atomic E-state index is 2.50. The van der Waals surface area contributed by atoms with Gasteiger partial charge in [-0.25, -0.2) is 0 Å². The van der Waals surface area contributed by atoms with Gasteiger partial charge in [0.2, 0.25) is 0 Å². The Morgan fingerprint density at radius 2 is 1.22 bits per heavy atom. The number of rotatable bonds is 9. The summed E-state index contributed by atoms with van der Waals surface area (Å²) in [5.74, 6) is 5.28. The van der Waals surface area contributed by atoms with Crippen molar-refractivity contribution in [2.45, 2.75) is 81.1 Å². The average Bonchev–Trinajstić information content (AvgIpc) is 2.29. The fraction of sp³-hybridized carbons (Fsp3) is 1.00. The molecule has 0 spiro atoms. The predicted octanol–water partition coefficient (Wildman–Crippen LogP) is 6.40. The Morgan fingerprint density at radius 1 is 0.667 bits per heavy atom. The van der Waals surface area contributed by atoms with E-state index in [0.29, 0.717) is 0 Å². The van der Waals surface area contributed by atoms with Crippen molar-refractivity contribution in [3.63, 3.8) is 0 Å². The highest BCUT2D eigenvalue weighted by molar-refractivity contribution is 4.75. The highest BCUT2D eigenvalue weighted by Crippen LogP contribution is 2.35. The van der Waals surface area contributed by atoms with Crippen LogP contribution in [0.3, 0.4) is 0 Å². The lowest BCUT2D eigenvalue weighted by Gasteiger charge is -2.33. The van der Waals surface area contributed by atoms with Crippen molar-refractivity contribution in [1.29, 1.82) is 0 Å². The van der Waals surface area contributed by atoms with Gasteiger partial charge < -0.3 is 0 Å². The first kappa shape index (κ1) is 18.0. The van der Waals surface area contributed by atoms with Crippen LogP contribution in [0.2, 0.25) is 0 Å². The molecule has 0 radical (unpaired) electrons. The van der Waals surface area contributed by atoms with Gasteiger partial charge in [0.1, 0.15) is 0 Å². The molecule has 0 bridgehead atoms. The monoisotopic (exact) mass is 254 g/mol. The van der Waals surface area contributed by atoms with Crippen LogP contribution < -0.4 is 0 Å². The summed E-state index contributed by atoms with van der Waals surface area (Å²) in [6, 6.07) is 0. The largest absolute Gasteiger partial charge is 0.0651 e. The van der Waals surface area contributed by atoms with Crippen molar-refractivity contribution < 1.29 is 0 Å². The third kappa shape index (κ3) is 5.76. The van der Waals surface area contributed by atoms with Crippen molar-refractivity contribution in [2.24, 2.45) is 35.5 Å². The summed E-state index contributed by atoms with van der Waals surface area (Å²) in [6.45, 7) is 19.2. The second kappa shape index (κ2) is 8.99. The Bertz CT molecular complexity index is 192. The van der Waals surface area contributed by atoms with Crippen LogP contribution in [0.15, 0.2) is 0 Å². The summed E-state index contributed by atoms with van der Waals surface area (Å²) in [6.07, 6.45) is 5.54. The first-order valence-electron chi connectivity index (χ1n) is 8.34. The van der Waals surface area contributed by atoms with Gasteiger partial charge in [-0.05, 0) is 41.9 Å². The van der Waals surface area contributed by atoms with Gasteiger partial charge in [0.15, 0.2) is 0 Å². The second-order valence-corrected chi connectivity index (χ2v) is 7.14. The van der Waals surface area contributed by atoms with E-state index in [1.807, 2.05) is 0 Å². The molecular formula is C18H38. The van der Waals surface area contributed by atoms with Gasteiger partial charge in [-0.3, -0.25) is 0 Å². The quantitative estimate of drug-likeness (QED) is 0.446.